The van der Waals surface area contributed by atoms with Gasteiger partial charge in [0.2, 0.25) is 0 Å². The molecule has 1 aliphatic carbocycles. The van der Waals surface area contributed by atoms with Crippen LogP contribution in [0.2, 0.25) is 0 Å². The monoisotopic (exact) mass is 248 g/mol. The van der Waals surface area contributed by atoms with Crippen LogP contribution in [0.3, 0.4) is 0 Å². The van der Waals surface area contributed by atoms with E-state index in [-0.39, 0.29) is 5.56 Å². The first-order chi connectivity index (χ1) is 8.61. The summed E-state index contributed by atoms with van der Waals surface area (Å²) in [5.41, 5.74) is 7.43. The summed E-state index contributed by atoms with van der Waals surface area (Å²) in [4.78, 5) is 11.6. The molecule has 0 amide bonds. The van der Waals surface area contributed by atoms with Gasteiger partial charge in [0.1, 0.15) is 0 Å². The maximum atomic E-state index is 11.6. The van der Waals surface area contributed by atoms with Crippen molar-refractivity contribution in [1.82, 2.24) is 4.57 Å². The lowest BCUT2D eigenvalue weighted by Gasteiger charge is -2.32. The molecule has 1 heterocycles. The van der Waals surface area contributed by atoms with Crippen LogP contribution in [0.25, 0.3) is 0 Å². The molecule has 0 bridgehead atoms. The second kappa shape index (κ2) is 5.70. The molecule has 1 aromatic rings. The lowest BCUT2D eigenvalue weighted by atomic mass is 9.76. The van der Waals surface area contributed by atoms with Crippen molar-refractivity contribution < 1.29 is 0 Å². The van der Waals surface area contributed by atoms with Gasteiger partial charge in [0.15, 0.2) is 0 Å². The average molecular weight is 248 g/mol. The Morgan fingerprint density at radius 2 is 2.06 bits per heavy atom. The molecule has 1 unspecified atom stereocenters. The smallest absolute Gasteiger partial charge is 0.250 e. The van der Waals surface area contributed by atoms with Gasteiger partial charge in [-0.05, 0) is 55.6 Å². The van der Waals surface area contributed by atoms with Crippen LogP contribution in [-0.2, 0) is 7.05 Å². The van der Waals surface area contributed by atoms with Crippen LogP contribution >= 0.6 is 0 Å². The predicted molar refractivity (Wildman–Crippen MR) is 74.6 cm³/mol. The molecule has 0 radical (unpaired) electrons. The van der Waals surface area contributed by atoms with Crippen LogP contribution in [0, 0.1) is 5.92 Å². The van der Waals surface area contributed by atoms with Gasteiger partial charge in [-0.2, -0.15) is 0 Å². The molecule has 1 atom stereocenters. The highest BCUT2D eigenvalue weighted by atomic mass is 16.1. The van der Waals surface area contributed by atoms with Crippen LogP contribution in [-0.4, -0.2) is 10.6 Å². The fourth-order valence-corrected chi connectivity index (χ4v) is 3.03. The fraction of sp³-hybridized carbons (Fsp3) is 0.667. The SMILES string of the molecule is CCC(N)C1CCC(c2ccn(C)c(=O)c2)CC1. The number of rotatable bonds is 3. The van der Waals surface area contributed by atoms with E-state index in [0.29, 0.717) is 17.9 Å². The van der Waals surface area contributed by atoms with E-state index < -0.39 is 0 Å². The highest BCUT2D eigenvalue weighted by molar-refractivity contribution is 5.17. The molecular formula is C15H24N2O. The lowest BCUT2D eigenvalue weighted by molar-refractivity contribution is 0.277. The standard InChI is InChI=1S/C15H24N2O/c1-3-14(16)12-6-4-11(5-7-12)13-8-9-17(2)15(18)10-13/h8-12,14H,3-7,16H2,1-2H3. The highest BCUT2D eigenvalue weighted by Crippen LogP contribution is 2.36. The Balaban J connectivity index is 2.01. The van der Waals surface area contributed by atoms with E-state index in [1.165, 1.54) is 31.2 Å². The van der Waals surface area contributed by atoms with Crippen LogP contribution in [0.15, 0.2) is 23.1 Å². The minimum Gasteiger partial charge on any atom is -0.327 e. The van der Waals surface area contributed by atoms with Gasteiger partial charge in [-0.15, -0.1) is 0 Å². The Labute approximate surface area is 109 Å². The third kappa shape index (κ3) is 2.83. The first-order valence-electron chi connectivity index (χ1n) is 7.04. The Morgan fingerprint density at radius 1 is 1.39 bits per heavy atom. The summed E-state index contributed by atoms with van der Waals surface area (Å²) < 4.78 is 1.63. The predicted octanol–water partition coefficient (Wildman–Crippen LogP) is 2.40. The number of aromatic nitrogens is 1. The molecule has 1 saturated carbocycles. The molecule has 2 rings (SSSR count). The molecule has 3 nitrogen and oxygen atoms in total. The summed E-state index contributed by atoms with van der Waals surface area (Å²) in [7, 11) is 1.79. The summed E-state index contributed by atoms with van der Waals surface area (Å²) in [6.07, 6.45) is 7.70. The van der Waals surface area contributed by atoms with Gasteiger partial charge in [-0.1, -0.05) is 6.92 Å². The zero-order valence-electron chi connectivity index (χ0n) is 11.4. The highest BCUT2D eigenvalue weighted by Gasteiger charge is 2.25. The maximum Gasteiger partial charge on any atom is 0.250 e. The first-order valence-corrected chi connectivity index (χ1v) is 7.04. The normalized spacial score (nSPS) is 25.9. The fourth-order valence-electron chi connectivity index (χ4n) is 3.03. The molecule has 100 valence electrons. The Hall–Kier alpha value is -1.09. The molecule has 3 heteroatoms. The third-order valence-electron chi connectivity index (χ3n) is 4.45. The molecule has 0 saturated heterocycles. The third-order valence-corrected chi connectivity index (χ3v) is 4.45. The van der Waals surface area contributed by atoms with Crippen molar-refractivity contribution in [3.8, 4) is 0 Å². The quantitative estimate of drug-likeness (QED) is 0.893. The van der Waals surface area contributed by atoms with Gasteiger partial charge >= 0.3 is 0 Å². The van der Waals surface area contributed by atoms with Crippen molar-refractivity contribution >= 4 is 0 Å². The molecule has 1 aromatic heterocycles. The molecule has 1 aliphatic rings. The minimum atomic E-state index is 0.0971. The van der Waals surface area contributed by atoms with Gasteiger partial charge < -0.3 is 10.3 Å². The molecular weight excluding hydrogens is 224 g/mol. The van der Waals surface area contributed by atoms with Gasteiger partial charge in [-0.25, -0.2) is 0 Å². The number of nitrogens with zero attached hydrogens (tertiary/aromatic N) is 1. The number of pyridine rings is 1. The molecule has 18 heavy (non-hydrogen) atoms. The van der Waals surface area contributed by atoms with E-state index in [0.717, 1.165) is 6.42 Å². The summed E-state index contributed by atoms with van der Waals surface area (Å²) in [6.45, 7) is 2.16. The van der Waals surface area contributed by atoms with Crippen molar-refractivity contribution in [2.75, 3.05) is 0 Å². The first kappa shape index (κ1) is 13.3. The number of hydrogen-bond donors (Lipinski definition) is 1. The van der Waals surface area contributed by atoms with E-state index in [1.54, 1.807) is 17.7 Å². The lowest BCUT2D eigenvalue weighted by Crippen LogP contribution is -2.32. The Bertz CT molecular complexity index is 444. The van der Waals surface area contributed by atoms with Crippen LogP contribution in [0.4, 0.5) is 0 Å². The van der Waals surface area contributed by atoms with E-state index in [4.69, 9.17) is 5.73 Å². The second-order valence-electron chi connectivity index (χ2n) is 5.59. The Kier molecular flexibility index (Phi) is 4.23. The second-order valence-corrected chi connectivity index (χ2v) is 5.59. The number of nitrogens with two attached hydrogens (primary N) is 1. The van der Waals surface area contributed by atoms with Crippen molar-refractivity contribution in [3.05, 3.63) is 34.2 Å². The maximum absolute atomic E-state index is 11.6. The van der Waals surface area contributed by atoms with E-state index in [9.17, 15) is 4.79 Å². The van der Waals surface area contributed by atoms with Crippen molar-refractivity contribution in [1.29, 1.82) is 0 Å². The molecule has 1 fully saturated rings. The molecule has 0 spiro atoms. The van der Waals surface area contributed by atoms with Crippen molar-refractivity contribution in [2.24, 2.45) is 18.7 Å². The molecule has 2 N–H and O–H groups in total. The summed E-state index contributed by atoms with van der Waals surface area (Å²) in [6, 6.07) is 4.24. The molecule has 0 aromatic carbocycles. The van der Waals surface area contributed by atoms with Crippen LogP contribution < -0.4 is 11.3 Å². The van der Waals surface area contributed by atoms with E-state index >= 15 is 0 Å². The van der Waals surface area contributed by atoms with E-state index in [2.05, 4.69) is 13.0 Å². The zero-order chi connectivity index (χ0) is 13.1. The molecule has 0 aliphatic heterocycles. The number of hydrogen-bond acceptors (Lipinski definition) is 2. The van der Waals surface area contributed by atoms with Gasteiger partial charge in [0.25, 0.3) is 5.56 Å². The average Bonchev–Trinajstić information content (AvgIpc) is 2.41. The van der Waals surface area contributed by atoms with Crippen molar-refractivity contribution in [3.63, 3.8) is 0 Å². The largest absolute Gasteiger partial charge is 0.327 e. The minimum absolute atomic E-state index is 0.0971. The van der Waals surface area contributed by atoms with Gasteiger partial charge in [0.05, 0.1) is 0 Å². The topological polar surface area (TPSA) is 48.0 Å². The van der Waals surface area contributed by atoms with Gasteiger partial charge in [-0.3, -0.25) is 4.79 Å². The summed E-state index contributed by atoms with van der Waals surface area (Å²) in [5.74, 6) is 1.23. The van der Waals surface area contributed by atoms with Gasteiger partial charge in [0, 0.05) is 25.4 Å². The van der Waals surface area contributed by atoms with Crippen LogP contribution in [0.1, 0.15) is 50.5 Å². The number of aryl methyl sites for hydroxylation is 1. The summed E-state index contributed by atoms with van der Waals surface area (Å²) in [5, 5.41) is 0. The summed E-state index contributed by atoms with van der Waals surface area (Å²) >= 11 is 0. The Morgan fingerprint density at radius 3 is 2.61 bits per heavy atom. The zero-order valence-corrected chi connectivity index (χ0v) is 11.4. The van der Waals surface area contributed by atoms with E-state index in [1.807, 2.05) is 6.20 Å². The van der Waals surface area contributed by atoms with Crippen molar-refractivity contribution in [2.45, 2.75) is 51.0 Å². The van der Waals surface area contributed by atoms with Crippen LogP contribution in [0.5, 0.6) is 0 Å².